The number of benzene rings is 3. The highest BCUT2D eigenvalue weighted by molar-refractivity contribution is 5.77. The number of rotatable bonds is 5. The van der Waals surface area contributed by atoms with E-state index < -0.39 is 5.54 Å². The van der Waals surface area contributed by atoms with E-state index in [9.17, 15) is 0 Å². The average Bonchev–Trinajstić information content (AvgIpc) is 3.42. The molecule has 1 N–H and O–H groups in total. The number of aromatic nitrogens is 2. The lowest BCUT2D eigenvalue weighted by atomic mass is 9.77. The molecule has 6 rings (SSSR count). The van der Waals surface area contributed by atoms with E-state index in [1.165, 1.54) is 27.9 Å². The van der Waals surface area contributed by atoms with E-state index in [2.05, 4.69) is 94.8 Å². The summed E-state index contributed by atoms with van der Waals surface area (Å²) >= 11 is 0. The van der Waals surface area contributed by atoms with E-state index >= 15 is 0 Å². The van der Waals surface area contributed by atoms with E-state index in [0.717, 1.165) is 31.6 Å². The minimum Gasteiger partial charge on any atom is -0.372 e. The summed E-state index contributed by atoms with van der Waals surface area (Å²) in [5.41, 5.74) is 6.74. The second-order valence-electron chi connectivity index (χ2n) is 8.66. The Kier molecular flexibility index (Phi) is 4.90. The maximum atomic E-state index is 6.33. The third-order valence-electron chi connectivity index (χ3n) is 6.90. The molecule has 2 aliphatic heterocycles. The van der Waals surface area contributed by atoms with E-state index in [-0.39, 0.29) is 0 Å². The van der Waals surface area contributed by atoms with E-state index in [0.29, 0.717) is 12.7 Å². The summed E-state index contributed by atoms with van der Waals surface area (Å²) in [6.07, 6.45) is 4.43. The molecular formula is C28H27N3O. The first-order valence-corrected chi connectivity index (χ1v) is 11.5. The molecule has 1 fully saturated rings. The molecule has 2 aliphatic rings. The monoisotopic (exact) mass is 421 g/mol. The Balaban J connectivity index is 1.53. The number of imidazole rings is 1. The second-order valence-corrected chi connectivity index (χ2v) is 8.66. The maximum Gasteiger partial charge on any atom is 0.122 e. The summed E-state index contributed by atoms with van der Waals surface area (Å²) in [5, 5.41) is 3.41. The van der Waals surface area contributed by atoms with Crippen LogP contribution in [0.15, 0.2) is 91.3 Å². The zero-order valence-electron chi connectivity index (χ0n) is 18.1. The molecular weight excluding hydrogens is 394 g/mol. The molecule has 32 heavy (non-hydrogen) atoms. The van der Waals surface area contributed by atoms with Crippen LogP contribution >= 0.6 is 0 Å². The van der Waals surface area contributed by atoms with Crippen LogP contribution in [0.2, 0.25) is 0 Å². The molecule has 0 amide bonds. The van der Waals surface area contributed by atoms with Crippen LogP contribution in [-0.4, -0.2) is 28.7 Å². The third-order valence-corrected chi connectivity index (χ3v) is 6.90. The van der Waals surface area contributed by atoms with Crippen molar-refractivity contribution in [2.45, 2.75) is 31.1 Å². The highest BCUT2D eigenvalue weighted by Crippen LogP contribution is 2.52. The minimum atomic E-state index is -0.450. The minimum absolute atomic E-state index is 0.304. The molecule has 3 heterocycles. The number of hydrogen-bond acceptors (Lipinski definition) is 3. The fraction of sp³-hybridized carbons (Fsp3) is 0.250. The first-order valence-electron chi connectivity index (χ1n) is 11.5. The van der Waals surface area contributed by atoms with Gasteiger partial charge >= 0.3 is 0 Å². The lowest BCUT2D eigenvalue weighted by Gasteiger charge is -2.34. The lowest BCUT2D eigenvalue weighted by Crippen LogP contribution is -2.34. The molecule has 4 heteroatoms. The van der Waals surface area contributed by atoms with Crippen LogP contribution in [0.1, 0.15) is 35.2 Å². The van der Waals surface area contributed by atoms with Gasteiger partial charge in [0.05, 0.1) is 30.4 Å². The smallest absolute Gasteiger partial charge is 0.122 e. The van der Waals surface area contributed by atoms with Crippen molar-refractivity contribution in [1.29, 1.82) is 0 Å². The number of nitrogens with one attached hydrogen (secondary N) is 1. The second kappa shape index (κ2) is 8.05. The van der Waals surface area contributed by atoms with Crippen molar-refractivity contribution >= 4 is 0 Å². The Morgan fingerprint density at radius 2 is 1.47 bits per heavy atom. The predicted molar refractivity (Wildman–Crippen MR) is 127 cm³/mol. The normalized spacial score (nSPS) is 17.1. The Morgan fingerprint density at radius 3 is 2.16 bits per heavy atom. The molecule has 0 spiro atoms. The van der Waals surface area contributed by atoms with Crippen molar-refractivity contribution < 1.29 is 4.74 Å². The van der Waals surface area contributed by atoms with Gasteiger partial charge in [-0.15, -0.1) is 0 Å². The fourth-order valence-electron chi connectivity index (χ4n) is 5.44. The Bertz CT molecular complexity index is 1170. The SMILES string of the molecule is c1ccc(C2(c3ccccc3)c3ccccc3-c3c(COC4CCNCC4)ncn32)cc1. The van der Waals surface area contributed by atoms with E-state index in [1.807, 2.05) is 6.33 Å². The van der Waals surface area contributed by atoms with Gasteiger partial charge in [0.2, 0.25) is 0 Å². The molecule has 0 saturated carbocycles. The lowest BCUT2D eigenvalue weighted by molar-refractivity contribution is 0.0199. The maximum absolute atomic E-state index is 6.33. The molecule has 4 aromatic rings. The van der Waals surface area contributed by atoms with Gasteiger partial charge in [0.1, 0.15) is 5.54 Å². The van der Waals surface area contributed by atoms with Crippen LogP contribution in [0.3, 0.4) is 0 Å². The Morgan fingerprint density at radius 1 is 0.844 bits per heavy atom. The fourth-order valence-corrected chi connectivity index (χ4v) is 5.44. The molecule has 0 unspecified atom stereocenters. The van der Waals surface area contributed by atoms with Crippen molar-refractivity contribution in [2.24, 2.45) is 0 Å². The summed E-state index contributed by atoms with van der Waals surface area (Å²) in [5.74, 6) is 0. The van der Waals surface area contributed by atoms with Crippen molar-refractivity contribution in [1.82, 2.24) is 14.9 Å². The first kappa shape index (κ1) is 19.5. The molecule has 1 aromatic heterocycles. The van der Waals surface area contributed by atoms with Crippen molar-refractivity contribution in [3.8, 4) is 11.3 Å². The van der Waals surface area contributed by atoms with Gasteiger partial charge < -0.3 is 14.6 Å². The average molecular weight is 422 g/mol. The van der Waals surface area contributed by atoms with Crippen LogP contribution in [0.25, 0.3) is 11.3 Å². The van der Waals surface area contributed by atoms with Gasteiger partial charge in [0.25, 0.3) is 0 Å². The number of hydrogen-bond donors (Lipinski definition) is 1. The molecule has 160 valence electrons. The van der Waals surface area contributed by atoms with Gasteiger partial charge in [-0.2, -0.15) is 0 Å². The molecule has 0 aliphatic carbocycles. The van der Waals surface area contributed by atoms with Gasteiger partial charge in [0, 0.05) is 5.56 Å². The standard InChI is InChI=1S/C28H27N3O/c1-3-9-21(10-4-1)28(22-11-5-2-6-12-22)25-14-8-7-13-24(25)27-26(30-20-31(27)28)19-32-23-15-17-29-18-16-23/h1-14,20,23,29H,15-19H2. The molecule has 1 saturated heterocycles. The van der Waals surface area contributed by atoms with E-state index in [4.69, 9.17) is 9.72 Å². The Labute approximate surface area is 188 Å². The van der Waals surface area contributed by atoms with Crippen LogP contribution in [-0.2, 0) is 16.9 Å². The first-order chi connectivity index (χ1) is 15.9. The van der Waals surface area contributed by atoms with Crippen molar-refractivity contribution in [3.05, 3.63) is 114 Å². The van der Waals surface area contributed by atoms with Gasteiger partial charge in [-0.3, -0.25) is 0 Å². The summed E-state index contributed by atoms with van der Waals surface area (Å²) in [6, 6.07) is 30.3. The summed E-state index contributed by atoms with van der Waals surface area (Å²) in [4.78, 5) is 4.89. The third kappa shape index (κ3) is 2.94. The Hall–Kier alpha value is -3.21. The summed E-state index contributed by atoms with van der Waals surface area (Å²) in [7, 11) is 0. The largest absolute Gasteiger partial charge is 0.372 e. The predicted octanol–water partition coefficient (Wildman–Crippen LogP) is 4.97. The van der Waals surface area contributed by atoms with Crippen LogP contribution in [0, 0.1) is 0 Å². The van der Waals surface area contributed by atoms with Crippen LogP contribution < -0.4 is 5.32 Å². The number of nitrogens with zero attached hydrogens (tertiary/aromatic N) is 2. The van der Waals surface area contributed by atoms with Crippen LogP contribution in [0.4, 0.5) is 0 Å². The van der Waals surface area contributed by atoms with E-state index in [1.54, 1.807) is 0 Å². The molecule has 0 atom stereocenters. The number of fused-ring (bicyclic) bond motifs is 3. The topological polar surface area (TPSA) is 39.1 Å². The van der Waals surface area contributed by atoms with Crippen LogP contribution in [0.5, 0.6) is 0 Å². The molecule has 0 bridgehead atoms. The van der Waals surface area contributed by atoms with Crippen molar-refractivity contribution in [2.75, 3.05) is 13.1 Å². The molecule has 3 aromatic carbocycles. The quantitative estimate of drug-likeness (QED) is 0.435. The van der Waals surface area contributed by atoms with Gasteiger partial charge in [-0.25, -0.2) is 4.98 Å². The molecule has 4 nitrogen and oxygen atoms in total. The zero-order valence-corrected chi connectivity index (χ0v) is 18.1. The number of ether oxygens (including phenoxy) is 1. The summed E-state index contributed by atoms with van der Waals surface area (Å²) < 4.78 is 8.70. The van der Waals surface area contributed by atoms with Gasteiger partial charge in [-0.1, -0.05) is 84.9 Å². The highest BCUT2D eigenvalue weighted by Gasteiger charge is 2.46. The zero-order chi connectivity index (χ0) is 21.4. The van der Waals surface area contributed by atoms with Gasteiger partial charge in [0.15, 0.2) is 0 Å². The summed E-state index contributed by atoms with van der Waals surface area (Å²) in [6.45, 7) is 2.60. The van der Waals surface area contributed by atoms with Gasteiger partial charge in [-0.05, 0) is 42.6 Å². The van der Waals surface area contributed by atoms with Crippen molar-refractivity contribution in [3.63, 3.8) is 0 Å². The molecule has 0 radical (unpaired) electrons. The highest BCUT2D eigenvalue weighted by atomic mass is 16.5. The number of piperidine rings is 1.